The number of aliphatic hydroxyl groups excluding tert-OH is 1. The van der Waals surface area contributed by atoms with Crippen molar-refractivity contribution < 1.29 is 19.4 Å². The molecule has 7 heteroatoms. The molecule has 0 saturated heterocycles. The zero-order valence-electron chi connectivity index (χ0n) is 24.2. The Hall–Kier alpha value is -4.46. The minimum absolute atomic E-state index is 0.00792. The number of fused-ring (bicyclic) bond motifs is 2. The molecule has 0 fully saturated rings. The van der Waals surface area contributed by atoms with Gasteiger partial charge in [0.1, 0.15) is 0 Å². The maximum Gasteiger partial charge on any atom is 0.165 e. The summed E-state index contributed by atoms with van der Waals surface area (Å²) in [7, 11) is 1.62. The van der Waals surface area contributed by atoms with Gasteiger partial charge in [0.05, 0.1) is 26.4 Å². The lowest BCUT2D eigenvalue weighted by molar-refractivity contribution is 0.0990. The third-order valence-electron chi connectivity index (χ3n) is 7.71. The molecule has 0 bridgehead atoms. The number of carbonyl (C=O) groups excluding carboxylic acids is 1. The molecule has 0 spiro atoms. The molecule has 1 atom stereocenters. The van der Waals surface area contributed by atoms with Gasteiger partial charge in [0.25, 0.3) is 0 Å². The van der Waals surface area contributed by atoms with Crippen molar-refractivity contribution in [1.82, 2.24) is 0 Å². The first-order valence-corrected chi connectivity index (χ1v) is 15.2. The largest absolute Gasteiger partial charge is 0.493 e. The number of rotatable bonds is 11. The number of aliphatic hydroxyl groups is 1. The Kier molecular flexibility index (Phi) is 8.54. The van der Waals surface area contributed by atoms with Crippen LogP contribution in [-0.4, -0.2) is 24.6 Å². The number of Topliss-reactive ketones (excluding diaryl/α,β-unsaturated/α-hetero) is 1. The predicted octanol–water partition coefficient (Wildman–Crippen LogP) is 8.24. The predicted molar refractivity (Wildman–Crippen MR) is 174 cm³/mol. The molecule has 0 amide bonds. The Morgan fingerprint density at radius 3 is 2.37 bits per heavy atom. The van der Waals surface area contributed by atoms with E-state index in [2.05, 4.69) is 47.0 Å². The highest BCUT2D eigenvalue weighted by Crippen LogP contribution is 2.42. The number of anilines is 2. The number of ketones is 1. The SMILES string of the molecule is CCOc1cc2c(cc1OC)C(Nc1cc(NCc3ccccc3Sc3ccccc3CO)cc3ccccc13)CC2=O. The van der Waals surface area contributed by atoms with E-state index in [9.17, 15) is 9.90 Å². The van der Waals surface area contributed by atoms with Gasteiger partial charge in [-0.2, -0.15) is 0 Å². The van der Waals surface area contributed by atoms with Crippen LogP contribution in [0.3, 0.4) is 0 Å². The highest BCUT2D eigenvalue weighted by atomic mass is 32.2. The number of methoxy groups -OCH3 is 1. The van der Waals surface area contributed by atoms with Crippen LogP contribution >= 0.6 is 11.8 Å². The Morgan fingerprint density at radius 1 is 0.884 bits per heavy atom. The normalized spacial score (nSPS) is 14.0. The summed E-state index contributed by atoms with van der Waals surface area (Å²) < 4.78 is 11.3. The van der Waals surface area contributed by atoms with Gasteiger partial charge in [0.15, 0.2) is 17.3 Å². The highest BCUT2D eigenvalue weighted by Gasteiger charge is 2.31. The topological polar surface area (TPSA) is 79.8 Å². The Labute approximate surface area is 256 Å². The first kappa shape index (κ1) is 28.6. The molecule has 218 valence electrons. The molecule has 3 N–H and O–H groups in total. The summed E-state index contributed by atoms with van der Waals surface area (Å²) in [6.07, 6.45) is 0.361. The van der Waals surface area contributed by atoms with E-state index < -0.39 is 0 Å². The minimum Gasteiger partial charge on any atom is -0.493 e. The van der Waals surface area contributed by atoms with E-state index in [-0.39, 0.29) is 18.4 Å². The molecule has 5 aromatic rings. The van der Waals surface area contributed by atoms with E-state index in [4.69, 9.17) is 9.47 Å². The smallest absolute Gasteiger partial charge is 0.165 e. The van der Waals surface area contributed by atoms with Crippen molar-refractivity contribution in [2.75, 3.05) is 24.4 Å². The van der Waals surface area contributed by atoms with Gasteiger partial charge in [-0.3, -0.25) is 4.79 Å². The van der Waals surface area contributed by atoms with Gasteiger partial charge in [0.2, 0.25) is 0 Å². The van der Waals surface area contributed by atoms with Crippen LogP contribution in [0.1, 0.15) is 46.4 Å². The molecular formula is C36H34N2O4S. The van der Waals surface area contributed by atoms with E-state index in [1.54, 1.807) is 18.9 Å². The number of hydrogen-bond donors (Lipinski definition) is 3. The van der Waals surface area contributed by atoms with E-state index in [1.165, 1.54) is 0 Å². The number of nitrogens with one attached hydrogen (secondary N) is 2. The van der Waals surface area contributed by atoms with Gasteiger partial charge < -0.3 is 25.2 Å². The van der Waals surface area contributed by atoms with Gasteiger partial charge in [-0.15, -0.1) is 0 Å². The van der Waals surface area contributed by atoms with E-state index >= 15 is 0 Å². The van der Waals surface area contributed by atoms with Crippen molar-refractivity contribution in [2.45, 2.75) is 42.3 Å². The molecule has 5 aromatic carbocycles. The molecule has 1 aliphatic rings. The Balaban J connectivity index is 1.28. The third kappa shape index (κ3) is 6.05. The van der Waals surface area contributed by atoms with E-state index in [0.717, 1.165) is 48.6 Å². The number of benzene rings is 5. The number of hydrogen-bond acceptors (Lipinski definition) is 7. The zero-order valence-corrected chi connectivity index (χ0v) is 25.0. The van der Waals surface area contributed by atoms with Crippen LogP contribution in [0, 0.1) is 0 Å². The fourth-order valence-electron chi connectivity index (χ4n) is 5.59. The molecule has 0 saturated carbocycles. The molecule has 6 nitrogen and oxygen atoms in total. The van der Waals surface area contributed by atoms with Crippen LogP contribution < -0.4 is 20.1 Å². The standard InChI is InChI=1S/C36H34N2O4S/c1-3-42-34-19-29-28(18-33(34)41-2)31(20-32(29)40)38-30-17-26(16-23-10-4-7-13-27(23)30)37-21-24-11-5-8-14-35(24)43-36-15-9-6-12-25(36)22-39/h4-19,31,37-39H,3,20-22H2,1-2H3. The quantitative estimate of drug-likeness (QED) is 0.143. The molecule has 1 aliphatic carbocycles. The third-order valence-corrected chi connectivity index (χ3v) is 8.95. The Morgan fingerprint density at radius 2 is 1.60 bits per heavy atom. The molecule has 0 aliphatic heterocycles. The summed E-state index contributed by atoms with van der Waals surface area (Å²) in [6.45, 7) is 3.05. The second-order valence-corrected chi connectivity index (χ2v) is 11.5. The maximum atomic E-state index is 13.1. The van der Waals surface area contributed by atoms with Crippen LogP contribution in [0.2, 0.25) is 0 Å². The van der Waals surface area contributed by atoms with Crippen LogP contribution in [0.4, 0.5) is 11.4 Å². The van der Waals surface area contributed by atoms with Crippen LogP contribution in [-0.2, 0) is 13.2 Å². The summed E-state index contributed by atoms with van der Waals surface area (Å²) in [5.41, 5.74) is 5.61. The summed E-state index contributed by atoms with van der Waals surface area (Å²) in [5, 5.41) is 19.3. The van der Waals surface area contributed by atoms with Gasteiger partial charge in [-0.1, -0.05) is 72.4 Å². The summed E-state index contributed by atoms with van der Waals surface area (Å²) >= 11 is 1.66. The molecule has 6 rings (SSSR count). The average Bonchev–Trinajstić information content (AvgIpc) is 3.34. The van der Waals surface area contributed by atoms with E-state index in [1.807, 2.05) is 67.6 Å². The molecule has 0 radical (unpaired) electrons. The van der Waals surface area contributed by atoms with Gasteiger partial charge in [-0.05, 0) is 65.4 Å². The zero-order chi connectivity index (χ0) is 29.8. The van der Waals surface area contributed by atoms with Gasteiger partial charge in [-0.25, -0.2) is 0 Å². The van der Waals surface area contributed by atoms with Gasteiger partial charge in [0, 0.05) is 45.1 Å². The van der Waals surface area contributed by atoms with Crippen LogP contribution in [0.15, 0.2) is 107 Å². The second-order valence-electron chi connectivity index (χ2n) is 10.4. The maximum absolute atomic E-state index is 13.1. The number of ether oxygens (including phenoxy) is 2. The lowest BCUT2D eigenvalue weighted by Gasteiger charge is -2.20. The monoisotopic (exact) mass is 590 g/mol. The average molecular weight is 591 g/mol. The fraction of sp³-hybridized carbons (Fsp3) is 0.194. The molecular weight excluding hydrogens is 556 g/mol. The molecule has 0 aromatic heterocycles. The highest BCUT2D eigenvalue weighted by molar-refractivity contribution is 7.99. The van der Waals surface area contributed by atoms with Crippen LogP contribution in [0.25, 0.3) is 10.8 Å². The van der Waals surface area contributed by atoms with Crippen LogP contribution in [0.5, 0.6) is 11.5 Å². The molecule has 43 heavy (non-hydrogen) atoms. The van der Waals surface area contributed by atoms with E-state index in [0.29, 0.717) is 36.6 Å². The first-order chi connectivity index (χ1) is 21.1. The summed E-state index contributed by atoms with van der Waals surface area (Å²) in [6, 6.07) is 32.4. The fourth-order valence-corrected chi connectivity index (χ4v) is 6.65. The Bertz CT molecular complexity index is 1790. The minimum atomic E-state index is -0.186. The molecule has 0 heterocycles. The summed E-state index contributed by atoms with van der Waals surface area (Å²) in [4.78, 5) is 15.2. The van der Waals surface area contributed by atoms with Crippen molar-refractivity contribution in [2.24, 2.45) is 0 Å². The van der Waals surface area contributed by atoms with Crippen molar-refractivity contribution >= 4 is 39.7 Å². The second kappa shape index (κ2) is 12.8. The number of carbonyl (C=O) groups is 1. The van der Waals surface area contributed by atoms with Crippen molar-refractivity contribution in [3.63, 3.8) is 0 Å². The van der Waals surface area contributed by atoms with Crippen molar-refractivity contribution in [1.29, 1.82) is 0 Å². The van der Waals surface area contributed by atoms with Gasteiger partial charge >= 0.3 is 0 Å². The van der Waals surface area contributed by atoms with Crippen molar-refractivity contribution in [3.8, 4) is 11.5 Å². The lowest BCUT2D eigenvalue weighted by atomic mass is 10.0. The lowest BCUT2D eigenvalue weighted by Crippen LogP contribution is -2.09. The first-order valence-electron chi connectivity index (χ1n) is 14.4. The molecule has 1 unspecified atom stereocenters. The van der Waals surface area contributed by atoms with Crippen molar-refractivity contribution in [3.05, 3.63) is 119 Å². The summed E-state index contributed by atoms with van der Waals surface area (Å²) in [5.74, 6) is 1.31.